The number of likely N-dealkylation sites (N-methyl/N-ethyl adjacent to an activating group) is 1. The summed E-state index contributed by atoms with van der Waals surface area (Å²) < 4.78 is 11.7. The molecule has 0 aromatic carbocycles. The SMILES string of the molecule is CN[C@@]12CC[C@]3(C)C(=CC(=O)[C@@H]4[C@@H]5CC(C)(C)CC[C@]5(C(=O)N(C)C)CC[C@]43C)[C@@]1(C)Cc1cnoc1[C@@]2(C)OC=O. The molecular formula is C34H49N3O5. The molecule has 1 heterocycles. The summed E-state index contributed by atoms with van der Waals surface area (Å²) in [4.78, 5) is 42.5. The number of hydrogen-bond acceptors (Lipinski definition) is 7. The summed E-state index contributed by atoms with van der Waals surface area (Å²) in [7, 11) is 5.66. The van der Waals surface area contributed by atoms with Crippen molar-refractivity contribution in [3.63, 3.8) is 0 Å². The van der Waals surface area contributed by atoms with Crippen LogP contribution in [0.1, 0.15) is 97.8 Å². The van der Waals surface area contributed by atoms with Gasteiger partial charge in [-0.25, -0.2) is 0 Å². The van der Waals surface area contributed by atoms with Crippen molar-refractivity contribution >= 4 is 18.2 Å². The molecule has 1 aromatic heterocycles. The third kappa shape index (κ3) is 3.23. The van der Waals surface area contributed by atoms with E-state index in [9.17, 15) is 14.4 Å². The van der Waals surface area contributed by atoms with E-state index >= 15 is 0 Å². The lowest BCUT2D eigenvalue weighted by Gasteiger charge is -2.71. The van der Waals surface area contributed by atoms with Gasteiger partial charge in [0.1, 0.15) is 0 Å². The van der Waals surface area contributed by atoms with Crippen molar-refractivity contribution in [2.75, 3.05) is 21.1 Å². The molecule has 0 radical (unpaired) electrons. The lowest BCUT2D eigenvalue weighted by atomic mass is 9.33. The molecule has 3 saturated carbocycles. The zero-order valence-corrected chi connectivity index (χ0v) is 27.0. The van der Waals surface area contributed by atoms with Crippen LogP contribution in [0.4, 0.5) is 0 Å². The van der Waals surface area contributed by atoms with Gasteiger partial charge in [-0.2, -0.15) is 0 Å². The summed E-state index contributed by atoms with van der Waals surface area (Å²) in [6.45, 7) is 14.0. The smallest absolute Gasteiger partial charge is 0.294 e. The van der Waals surface area contributed by atoms with Crippen LogP contribution in [0.5, 0.6) is 0 Å². The molecule has 8 atom stereocenters. The van der Waals surface area contributed by atoms with Gasteiger partial charge < -0.3 is 19.5 Å². The van der Waals surface area contributed by atoms with E-state index in [1.165, 1.54) is 0 Å². The highest BCUT2D eigenvalue weighted by Crippen LogP contribution is 2.75. The maximum Gasteiger partial charge on any atom is 0.294 e. The fourth-order valence-electron chi connectivity index (χ4n) is 11.5. The molecule has 1 amide bonds. The molecule has 0 aliphatic heterocycles. The number of nitrogens with one attached hydrogen (secondary N) is 1. The molecule has 1 N–H and O–H groups in total. The Morgan fingerprint density at radius 1 is 1.05 bits per heavy atom. The van der Waals surface area contributed by atoms with Crippen LogP contribution in [0.3, 0.4) is 0 Å². The van der Waals surface area contributed by atoms with Crippen LogP contribution in [0.15, 0.2) is 22.4 Å². The second kappa shape index (κ2) is 8.80. The minimum Gasteiger partial charge on any atom is -0.451 e. The summed E-state index contributed by atoms with van der Waals surface area (Å²) in [5, 5.41) is 7.76. The lowest BCUT2D eigenvalue weighted by Crippen LogP contribution is -2.76. The lowest BCUT2D eigenvalue weighted by molar-refractivity contribution is -0.201. The van der Waals surface area contributed by atoms with E-state index in [1.54, 1.807) is 11.1 Å². The molecular weight excluding hydrogens is 530 g/mol. The molecule has 5 aliphatic carbocycles. The first-order valence-electron chi connectivity index (χ1n) is 15.8. The fourth-order valence-corrected chi connectivity index (χ4v) is 11.5. The number of carbonyl (C=O) groups is 3. The highest BCUT2D eigenvalue weighted by molar-refractivity contribution is 5.96. The standard InChI is InChI=1S/C34H49N3O5/c1-28(2)10-13-33(27(40)37(8)9)14-11-30(4)25(22(33)18-28)23(39)16-24-29(30,3)12-15-34(35-7)31(24,5)17-21-19-36-42-26(21)32(34,6)41-20-38/h16,19-20,22,25,35H,10-15,17-18H2,1-9H3/t22-,25-,29+,30+,31+,32+,33-,34-/m0/s1. The van der Waals surface area contributed by atoms with Crippen molar-refractivity contribution in [3.05, 3.63) is 29.2 Å². The Hall–Kier alpha value is -2.48. The number of hydrogen-bond donors (Lipinski definition) is 1. The van der Waals surface area contributed by atoms with E-state index < -0.39 is 22.0 Å². The number of aromatic nitrogens is 1. The van der Waals surface area contributed by atoms with Gasteiger partial charge in [-0.1, -0.05) is 45.3 Å². The van der Waals surface area contributed by atoms with Gasteiger partial charge in [0, 0.05) is 31.0 Å². The first-order valence-corrected chi connectivity index (χ1v) is 15.8. The molecule has 0 unspecified atom stereocenters. The molecule has 0 spiro atoms. The van der Waals surface area contributed by atoms with Gasteiger partial charge in [0.2, 0.25) is 5.91 Å². The van der Waals surface area contributed by atoms with E-state index in [2.05, 4.69) is 45.1 Å². The van der Waals surface area contributed by atoms with Crippen LogP contribution in [0.25, 0.3) is 0 Å². The number of fused-ring (bicyclic) bond motifs is 8. The minimum atomic E-state index is -1.11. The predicted octanol–water partition coefficient (Wildman–Crippen LogP) is 5.21. The maximum absolute atomic E-state index is 14.8. The number of ketones is 1. The molecule has 6 rings (SSSR count). The third-order valence-corrected chi connectivity index (χ3v) is 13.9. The number of ether oxygens (including phenoxy) is 1. The van der Waals surface area contributed by atoms with Crippen LogP contribution < -0.4 is 5.32 Å². The topological polar surface area (TPSA) is 102 Å². The van der Waals surface area contributed by atoms with E-state index in [-0.39, 0.29) is 39.8 Å². The van der Waals surface area contributed by atoms with Gasteiger partial charge in [0.25, 0.3) is 6.47 Å². The number of carbonyl (C=O) groups excluding carboxylic acids is 3. The Bertz CT molecular complexity index is 1380. The monoisotopic (exact) mass is 579 g/mol. The van der Waals surface area contributed by atoms with Crippen molar-refractivity contribution in [3.8, 4) is 0 Å². The zero-order valence-electron chi connectivity index (χ0n) is 27.0. The van der Waals surface area contributed by atoms with Gasteiger partial charge >= 0.3 is 0 Å². The normalized spacial score (nSPS) is 45.3. The molecule has 230 valence electrons. The van der Waals surface area contributed by atoms with Crippen LogP contribution in [0.2, 0.25) is 0 Å². The number of nitrogens with zero attached hydrogens (tertiary/aromatic N) is 2. The van der Waals surface area contributed by atoms with E-state index in [1.807, 2.05) is 34.1 Å². The molecule has 8 heteroatoms. The van der Waals surface area contributed by atoms with Crippen molar-refractivity contribution in [1.82, 2.24) is 15.4 Å². The Kier molecular flexibility index (Phi) is 6.20. The summed E-state index contributed by atoms with van der Waals surface area (Å²) in [6, 6.07) is 0. The Balaban J connectivity index is 1.55. The van der Waals surface area contributed by atoms with Crippen molar-refractivity contribution in [1.29, 1.82) is 0 Å². The number of allylic oxidation sites excluding steroid dienone is 1. The molecule has 1 aromatic rings. The molecule has 42 heavy (non-hydrogen) atoms. The van der Waals surface area contributed by atoms with Gasteiger partial charge in [-0.15, -0.1) is 0 Å². The molecule has 5 aliphatic rings. The predicted molar refractivity (Wildman–Crippen MR) is 158 cm³/mol. The summed E-state index contributed by atoms with van der Waals surface area (Å²) >= 11 is 0. The van der Waals surface area contributed by atoms with Gasteiger partial charge in [-0.3, -0.25) is 14.4 Å². The average Bonchev–Trinajstić information content (AvgIpc) is 3.38. The maximum atomic E-state index is 14.8. The fraction of sp³-hybridized carbons (Fsp3) is 0.765. The third-order valence-electron chi connectivity index (χ3n) is 13.9. The molecule has 0 bridgehead atoms. The highest BCUT2D eigenvalue weighted by Gasteiger charge is 2.75. The van der Waals surface area contributed by atoms with Crippen molar-refractivity contribution < 1.29 is 23.6 Å². The van der Waals surface area contributed by atoms with Gasteiger partial charge in [0.05, 0.1) is 17.2 Å². The Morgan fingerprint density at radius 2 is 1.74 bits per heavy atom. The van der Waals surface area contributed by atoms with Crippen molar-refractivity contribution in [2.45, 2.75) is 104 Å². The average molecular weight is 580 g/mol. The second-order valence-corrected chi connectivity index (χ2v) is 16.1. The Morgan fingerprint density at radius 3 is 2.38 bits per heavy atom. The van der Waals surface area contributed by atoms with Crippen molar-refractivity contribution in [2.24, 2.45) is 38.9 Å². The number of rotatable bonds is 4. The number of amides is 1. The highest BCUT2D eigenvalue weighted by atomic mass is 16.6. The molecule has 8 nitrogen and oxygen atoms in total. The first-order chi connectivity index (χ1) is 19.5. The Labute approximate surface area is 250 Å². The molecule has 0 saturated heterocycles. The largest absolute Gasteiger partial charge is 0.451 e. The summed E-state index contributed by atoms with van der Waals surface area (Å²) in [5.41, 5.74) is -1.37. The van der Waals surface area contributed by atoms with E-state index in [0.717, 1.165) is 56.1 Å². The van der Waals surface area contributed by atoms with Gasteiger partial charge in [0.15, 0.2) is 17.1 Å². The molecule has 3 fully saturated rings. The minimum absolute atomic E-state index is 0.000472. The van der Waals surface area contributed by atoms with Crippen LogP contribution in [-0.4, -0.2) is 54.9 Å². The quantitative estimate of drug-likeness (QED) is 0.489. The van der Waals surface area contributed by atoms with Crippen LogP contribution >= 0.6 is 0 Å². The van der Waals surface area contributed by atoms with Crippen LogP contribution in [-0.2, 0) is 31.1 Å². The van der Waals surface area contributed by atoms with E-state index in [4.69, 9.17) is 9.26 Å². The van der Waals surface area contributed by atoms with Gasteiger partial charge in [-0.05, 0) is 93.6 Å². The van der Waals surface area contributed by atoms with E-state index in [0.29, 0.717) is 18.7 Å². The summed E-state index contributed by atoms with van der Waals surface area (Å²) in [5.74, 6) is 0.704. The zero-order chi connectivity index (χ0) is 30.7. The first kappa shape index (κ1) is 29.6. The summed E-state index contributed by atoms with van der Waals surface area (Å²) in [6.07, 6.45) is 10.2. The second-order valence-electron chi connectivity index (χ2n) is 16.1. The van der Waals surface area contributed by atoms with Crippen LogP contribution in [0, 0.1) is 38.9 Å².